The summed E-state index contributed by atoms with van der Waals surface area (Å²) >= 11 is 0. The third-order valence-corrected chi connectivity index (χ3v) is 3.31. The van der Waals surface area contributed by atoms with Gasteiger partial charge in [0.05, 0.1) is 6.26 Å². The van der Waals surface area contributed by atoms with Gasteiger partial charge in [0, 0.05) is 6.42 Å². The molecule has 3 nitrogen and oxygen atoms in total. The average Bonchev–Trinajstić information content (AvgIpc) is 3.09. The van der Waals surface area contributed by atoms with E-state index < -0.39 is 0 Å². The van der Waals surface area contributed by atoms with E-state index in [1.165, 1.54) is 6.26 Å². The second kappa shape index (κ2) is 6.76. The van der Waals surface area contributed by atoms with E-state index in [9.17, 15) is 4.79 Å². The molecule has 0 aliphatic heterocycles. The Labute approximate surface area is 129 Å². The Hall–Kier alpha value is -2.81. The van der Waals surface area contributed by atoms with E-state index in [-0.39, 0.29) is 5.78 Å². The predicted octanol–water partition coefficient (Wildman–Crippen LogP) is 4.28. The van der Waals surface area contributed by atoms with Crippen molar-refractivity contribution >= 4 is 5.78 Å². The molecule has 0 atom stereocenters. The molecule has 0 unspecified atom stereocenters. The van der Waals surface area contributed by atoms with Crippen LogP contribution in [0.25, 0.3) is 0 Å². The number of carbonyl (C=O) groups is 1. The zero-order valence-electron chi connectivity index (χ0n) is 12.1. The fourth-order valence-electron chi connectivity index (χ4n) is 2.20. The van der Waals surface area contributed by atoms with Crippen molar-refractivity contribution in [3.8, 4) is 5.75 Å². The normalized spacial score (nSPS) is 10.4. The molecule has 0 spiro atoms. The van der Waals surface area contributed by atoms with Crippen LogP contribution in [-0.2, 0) is 13.0 Å². The molecule has 0 radical (unpaired) electrons. The van der Waals surface area contributed by atoms with Crippen molar-refractivity contribution in [2.24, 2.45) is 0 Å². The second-order valence-corrected chi connectivity index (χ2v) is 5.00. The largest absolute Gasteiger partial charge is 0.489 e. The average molecular weight is 292 g/mol. The first-order valence-corrected chi connectivity index (χ1v) is 7.13. The molecule has 110 valence electrons. The lowest BCUT2D eigenvalue weighted by molar-refractivity contribution is 0.0966. The van der Waals surface area contributed by atoms with Crippen molar-refractivity contribution in [3.63, 3.8) is 0 Å². The number of carbonyl (C=O) groups excluding carboxylic acids is 1. The van der Waals surface area contributed by atoms with Crippen LogP contribution in [0.3, 0.4) is 0 Å². The van der Waals surface area contributed by atoms with Gasteiger partial charge >= 0.3 is 0 Å². The summed E-state index contributed by atoms with van der Waals surface area (Å²) in [7, 11) is 0. The van der Waals surface area contributed by atoms with Gasteiger partial charge in [-0.1, -0.05) is 42.5 Å². The van der Waals surface area contributed by atoms with Crippen molar-refractivity contribution in [1.82, 2.24) is 0 Å². The Bertz CT molecular complexity index is 730. The molecule has 1 heterocycles. The minimum atomic E-state index is -0.0368. The molecule has 3 heteroatoms. The van der Waals surface area contributed by atoms with Crippen LogP contribution in [0.2, 0.25) is 0 Å². The van der Waals surface area contributed by atoms with Crippen LogP contribution in [0.4, 0.5) is 0 Å². The van der Waals surface area contributed by atoms with Crippen molar-refractivity contribution in [2.45, 2.75) is 13.0 Å². The summed E-state index contributed by atoms with van der Waals surface area (Å²) in [4.78, 5) is 12.0. The summed E-state index contributed by atoms with van der Waals surface area (Å²) in [6.07, 6.45) is 1.81. The molecule has 0 aliphatic carbocycles. The summed E-state index contributed by atoms with van der Waals surface area (Å²) in [5.74, 6) is 1.11. The van der Waals surface area contributed by atoms with Crippen LogP contribution >= 0.6 is 0 Å². The highest BCUT2D eigenvalue weighted by atomic mass is 16.5. The van der Waals surface area contributed by atoms with E-state index in [1.54, 1.807) is 12.1 Å². The van der Waals surface area contributed by atoms with E-state index in [0.717, 1.165) is 16.9 Å². The maximum absolute atomic E-state index is 12.0. The number of rotatable bonds is 6. The smallest absolute Gasteiger partial charge is 0.202 e. The van der Waals surface area contributed by atoms with Crippen LogP contribution in [0.1, 0.15) is 21.7 Å². The van der Waals surface area contributed by atoms with Gasteiger partial charge < -0.3 is 9.15 Å². The molecule has 22 heavy (non-hydrogen) atoms. The molecular weight excluding hydrogens is 276 g/mol. The molecule has 0 bridgehead atoms. The molecule has 1 aromatic heterocycles. The summed E-state index contributed by atoms with van der Waals surface area (Å²) < 4.78 is 10.9. The van der Waals surface area contributed by atoms with Gasteiger partial charge in [0.1, 0.15) is 12.4 Å². The fraction of sp³-hybridized carbons (Fsp3) is 0.105. The third kappa shape index (κ3) is 3.64. The summed E-state index contributed by atoms with van der Waals surface area (Å²) in [5, 5.41) is 0. The Morgan fingerprint density at radius 2 is 1.73 bits per heavy atom. The molecule has 0 amide bonds. The topological polar surface area (TPSA) is 39.4 Å². The van der Waals surface area contributed by atoms with Crippen molar-refractivity contribution in [1.29, 1.82) is 0 Å². The molecule has 3 rings (SSSR count). The van der Waals surface area contributed by atoms with Crippen molar-refractivity contribution < 1.29 is 13.9 Å². The predicted molar refractivity (Wildman–Crippen MR) is 84.0 cm³/mol. The summed E-state index contributed by atoms with van der Waals surface area (Å²) in [5.41, 5.74) is 2.02. The molecule has 0 N–H and O–H groups in total. The zero-order chi connectivity index (χ0) is 15.2. The minimum absolute atomic E-state index is 0.0368. The highest BCUT2D eigenvalue weighted by Gasteiger charge is 2.10. The fourth-order valence-corrected chi connectivity index (χ4v) is 2.20. The van der Waals surface area contributed by atoms with Gasteiger partial charge in [-0.15, -0.1) is 0 Å². The SMILES string of the molecule is O=C(Cc1cccc(OCc2ccccc2)c1)c1ccco1. The third-order valence-electron chi connectivity index (χ3n) is 3.31. The molecule has 0 saturated carbocycles. The first-order valence-electron chi connectivity index (χ1n) is 7.13. The molecule has 2 aromatic carbocycles. The van der Waals surface area contributed by atoms with E-state index in [4.69, 9.17) is 9.15 Å². The Morgan fingerprint density at radius 1 is 0.909 bits per heavy atom. The second-order valence-electron chi connectivity index (χ2n) is 5.00. The van der Waals surface area contributed by atoms with Gasteiger partial charge in [-0.2, -0.15) is 0 Å². The van der Waals surface area contributed by atoms with E-state index >= 15 is 0 Å². The molecule has 0 aliphatic rings. The maximum Gasteiger partial charge on any atom is 0.202 e. The first-order chi connectivity index (χ1) is 10.8. The standard InChI is InChI=1S/C19H16O3/c20-18(19-10-5-11-21-19)13-16-8-4-9-17(12-16)22-14-15-6-2-1-3-7-15/h1-12H,13-14H2. The summed E-state index contributed by atoms with van der Waals surface area (Å²) in [6.45, 7) is 0.510. The highest BCUT2D eigenvalue weighted by molar-refractivity contribution is 5.94. The Balaban J connectivity index is 1.64. The van der Waals surface area contributed by atoms with Gasteiger partial charge in [-0.3, -0.25) is 4.79 Å². The lowest BCUT2D eigenvalue weighted by Crippen LogP contribution is -2.02. The van der Waals surface area contributed by atoms with Crippen molar-refractivity contribution in [2.75, 3.05) is 0 Å². The zero-order valence-corrected chi connectivity index (χ0v) is 12.1. The number of hydrogen-bond acceptors (Lipinski definition) is 3. The molecule has 0 saturated heterocycles. The number of ether oxygens (including phenoxy) is 1. The lowest BCUT2D eigenvalue weighted by atomic mass is 10.1. The van der Waals surface area contributed by atoms with Gasteiger partial charge in [0.25, 0.3) is 0 Å². The summed E-state index contributed by atoms with van der Waals surface area (Å²) in [6, 6.07) is 21.0. The van der Waals surface area contributed by atoms with E-state index in [0.29, 0.717) is 18.8 Å². The van der Waals surface area contributed by atoms with Gasteiger partial charge in [0.15, 0.2) is 5.76 Å². The van der Waals surface area contributed by atoms with Crippen LogP contribution in [0.15, 0.2) is 77.4 Å². The first kappa shape index (κ1) is 14.1. The van der Waals surface area contributed by atoms with Crippen LogP contribution in [0, 0.1) is 0 Å². The monoisotopic (exact) mass is 292 g/mol. The van der Waals surface area contributed by atoms with E-state index in [1.807, 2.05) is 54.6 Å². The van der Waals surface area contributed by atoms with Crippen LogP contribution in [0.5, 0.6) is 5.75 Å². The van der Waals surface area contributed by atoms with Gasteiger partial charge in [-0.25, -0.2) is 0 Å². The van der Waals surface area contributed by atoms with Gasteiger partial charge in [0.2, 0.25) is 5.78 Å². The quantitative estimate of drug-likeness (QED) is 0.636. The van der Waals surface area contributed by atoms with E-state index in [2.05, 4.69) is 0 Å². The highest BCUT2D eigenvalue weighted by Crippen LogP contribution is 2.17. The number of benzene rings is 2. The van der Waals surface area contributed by atoms with Gasteiger partial charge in [-0.05, 0) is 35.4 Å². The number of hydrogen-bond donors (Lipinski definition) is 0. The number of furan rings is 1. The molecule has 0 fully saturated rings. The van der Waals surface area contributed by atoms with Crippen LogP contribution in [-0.4, -0.2) is 5.78 Å². The number of ketones is 1. The Morgan fingerprint density at radius 3 is 2.50 bits per heavy atom. The minimum Gasteiger partial charge on any atom is -0.489 e. The molecular formula is C19H16O3. The maximum atomic E-state index is 12.0. The van der Waals surface area contributed by atoms with Crippen LogP contribution < -0.4 is 4.74 Å². The number of Topliss-reactive ketones (excluding diaryl/α,β-unsaturated/α-hetero) is 1. The van der Waals surface area contributed by atoms with Crippen molar-refractivity contribution in [3.05, 3.63) is 89.9 Å². The lowest BCUT2D eigenvalue weighted by Gasteiger charge is -2.07. The molecule has 3 aromatic rings. The Kier molecular flexibility index (Phi) is 4.35.